The minimum Gasteiger partial charge on any atom is -0.496 e. The van der Waals surface area contributed by atoms with Crippen LogP contribution in [-0.4, -0.2) is 12.0 Å². The lowest BCUT2D eigenvalue weighted by molar-refractivity contribution is -0.384. The van der Waals surface area contributed by atoms with Crippen LogP contribution in [0.25, 0.3) is 0 Å². The highest BCUT2D eigenvalue weighted by Crippen LogP contribution is 2.23. The Morgan fingerprint density at radius 3 is 2.84 bits per heavy atom. The van der Waals surface area contributed by atoms with Gasteiger partial charge in [-0.3, -0.25) is 10.1 Å². The fourth-order valence-corrected chi connectivity index (χ4v) is 1.75. The van der Waals surface area contributed by atoms with Gasteiger partial charge in [-0.15, -0.1) is 0 Å². The van der Waals surface area contributed by atoms with Crippen LogP contribution >= 0.6 is 0 Å². The first kappa shape index (κ1) is 13.1. The number of ether oxygens (including phenoxy) is 1. The number of nitro benzene ring substituents is 1. The molecule has 1 aromatic heterocycles. The highest BCUT2D eigenvalue weighted by atomic mass is 16.6. The lowest BCUT2D eigenvalue weighted by atomic mass is 10.1. The predicted octanol–water partition coefficient (Wildman–Crippen LogP) is 2.49. The van der Waals surface area contributed by atoms with Gasteiger partial charge in [0, 0.05) is 24.2 Å². The SMILES string of the molecule is COc1ccc([N+](=O)[O-])cc1CNCc1ccco1. The predicted molar refractivity (Wildman–Crippen MR) is 68.9 cm³/mol. The second kappa shape index (κ2) is 6.01. The van der Waals surface area contributed by atoms with Crippen LogP contribution in [0, 0.1) is 10.1 Å². The molecule has 0 saturated heterocycles. The molecule has 0 radical (unpaired) electrons. The average Bonchev–Trinajstić information content (AvgIpc) is 2.91. The van der Waals surface area contributed by atoms with Gasteiger partial charge >= 0.3 is 0 Å². The van der Waals surface area contributed by atoms with Crippen LogP contribution in [0.2, 0.25) is 0 Å². The molecule has 0 atom stereocenters. The monoisotopic (exact) mass is 262 g/mol. The zero-order valence-corrected chi connectivity index (χ0v) is 10.5. The summed E-state index contributed by atoms with van der Waals surface area (Å²) in [6.45, 7) is 1.02. The van der Waals surface area contributed by atoms with Crippen molar-refractivity contribution in [3.05, 3.63) is 58.0 Å². The molecule has 6 nitrogen and oxygen atoms in total. The molecule has 0 aliphatic rings. The molecular formula is C13H14N2O4. The van der Waals surface area contributed by atoms with Gasteiger partial charge in [0.25, 0.3) is 5.69 Å². The van der Waals surface area contributed by atoms with Crippen molar-refractivity contribution < 1.29 is 14.1 Å². The fourth-order valence-electron chi connectivity index (χ4n) is 1.75. The van der Waals surface area contributed by atoms with E-state index in [1.807, 2.05) is 12.1 Å². The molecule has 0 fully saturated rings. The number of non-ortho nitro benzene ring substituents is 1. The maximum atomic E-state index is 10.7. The van der Waals surface area contributed by atoms with Crippen LogP contribution in [0.3, 0.4) is 0 Å². The van der Waals surface area contributed by atoms with E-state index in [1.165, 1.54) is 19.2 Å². The van der Waals surface area contributed by atoms with Crippen LogP contribution in [0.1, 0.15) is 11.3 Å². The van der Waals surface area contributed by atoms with E-state index >= 15 is 0 Å². The normalized spacial score (nSPS) is 10.4. The van der Waals surface area contributed by atoms with E-state index < -0.39 is 4.92 Å². The van der Waals surface area contributed by atoms with Crippen molar-refractivity contribution in [3.63, 3.8) is 0 Å². The van der Waals surface area contributed by atoms with Gasteiger partial charge < -0.3 is 14.5 Å². The second-order valence-corrected chi connectivity index (χ2v) is 3.94. The Morgan fingerprint density at radius 2 is 2.21 bits per heavy atom. The van der Waals surface area contributed by atoms with Crippen LogP contribution in [0.5, 0.6) is 5.75 Å². The average molecular weight is 262 g/mol. The highest BCUT2D eigenvalue weighted by Gasteiger charge is 2.11. The van der Waals surface area contributed by atoms with E-state index in [9.17, 15) is 10.1 Å². The van der Waals surface area contributed by atoms with Crippen molar-refractivity contribution >= 4 is 5.69 Å². The summed E-state index contributed by atoms with van der Waals surface area (Å²) in [7, 11) is 1.54. The zero-order valence-electron chi connectivity index (χ0n) is 10.5. The third kappa shape index (κ3) is 3.32. The van der Waals surface area contributed by atoms with Crippen LogP contribution in [-0.2, 0) is 13.1 Å². The second-order valence-electron chi connectivity index (χ2n) is 3.94. The van der Waals surface area contributed by atoms with Crippen LogP contribution in [0.15, 0.2) is 41.0 Å². The number of hydrogen-bond acceptors (Lipinski definition) is 5. The number of methoxy groups -OCH3 is 1. The van der Waals surface area contributed by atoms with Gasteiger partial charge in [0.15, 0.2) is 0 Å². The van der Waals surface area contributed by atoms with Crippen molar-refractivity contribution in [1.82, 2.24) is 5.32 Å². The smallest absolute Gasteiger partial charge is 0.270 e. The molecule has 100 valence electrons. The first-order chi connectivity index (χ1) is 9.20. The van der Waals surface area contributed by atoms with Crippen LogP contribution < -0.4 is 10.1 Å². The molecule has 0 aliphatic heterocycles. The Labute approximate surface area is 110 Å². The molecule has 1 N–H and O–H groups in total. The van der Waals surface area contributed by atoms with Gasteiger partial charge in [0.2, 0.25) is 0 Å². The number of benzene rings is 1. The van der Waals surface area contributed by atoms with Crippen molar-refractivity contribution in [1.29, 1.82) is 0 Å². The van der Waals surface area contributed by atoms with Crippen molar-refractivity contribution in [3.8, 4) is 5.75 Å². The number of rotatable bonds is 6. The van der Waals surface area contributed by atoms with E-state index in [0.717, 1.165) is 11.3 Å². The topological polar surface area (TPSA) is 77.5 Å². The van der Waals surface area contributed by atoms with Gasteiger partial charge in [-0.2, -0.15) is 0 Å². The maximum absolute atomic E-state index is 10.7. The molecule has 0 spiro atoms. The molecule has 6 heteroatoms. The van der Waals surface area contributed by atoms with E-state index in [0.29, 0.717) is 18.8 Å². The molecule has 0 bridgehead atoms. The van der Waals surface area contributed by atoms with Gasteiger partial charge in [0.05, 0.1) is 24.8 Å². The summed E-state index contributed by atoms with van der Waals surface area (Å²) in [5, 5.41) is 13.9. The molecule has 0 amide bonds. The molecular weight excluding hydrogens is 248 g/mol. The molecule has 2 rings (SSSR count). The lowest BCUT2D eigenvalue weighted by Crippen LogP contribution is -2.13. The molecule has 0 saturated carbocycles. The number of hydrogen-bond donors (Lipinski definition) is 1. The molecule has 1 aromatic carbocycles. The molecule has 1 heterocycles. The summed E-state index contributed by atoms with van der Waals surface area (Å²) in [5.74, 6) is 1.43. The quantitative estimate of drug-likeness (QED) is 0.639. The largest absolute Gasteiger partial charge is 0.496 e. The summed E-state index contributed by atoms with van der Waals surface area (Å²) in [4.78, 5) is 10.3. The van der Waals surface area contributed by atoms with Gasteiger partial charge in [-0.25, -0.2) is 0 Å². The summed E-state index contributed by atoms with van der Waals surface area (Å²) >= 11 is 0. The first-order valence-electron chi connectivity index (χ1n) is 5.75. The van der Waals surface area contributed by atoms with E-state index in [1.54, 1.807) is 12.3 Å². The summed E-state index contributed by atoms with van der Waals surface area (Å²) in [6, 6.07) is 8.20. The standard InChI is InChI=1S/C13H14N2O4/c1-18-13-5-4-11(15(16)17)7-10(13)8-14-9-12-3-2-6-19-12/h2-7,14H,8-9H2,1H3. The number of nitro groups is 1. The molecule has 0 aliphatic carbocycles. The Kier molecular flexibility index (Phi) is 4.15. The van der Waals surface area contributed by atoms with Gasteiger partial charge in [-0.1, -0.05) is 0 Å². The number of furan rings is 1. The van der Waals surface area contributed by atoms with Crippen molar-refractivity contribution in [2.24, 2.45) is 0 Å². The molecule has 0 unspecified atom stereocenters. The van der Waals surface area contributed by atoms with Gasteiger partial charge in [0.1, 0.15) is 11.5 Å². The Hall–Kier alpha value is -2.34. The van der Waals surface area contributed by atoms with E-state index in [2.05, 4.69) is 5.32 Å². The van der Waals surface area contributed by atoms with E-state index in [-0.39, 0.29) is 5.69 Å². The minimum absolute atomic E-state index is 0.0515. The Bertz CT molecular complexity index is 552. The van der Waals surface area contributed by atoms with E-state index in [4.69, 9.17) is 9.15 Å². The van der Waals surface area contributed by atoms with Crippen LogP contribution in [0.4, 0.5) is 5.69 Å². The third-order valence-corrected chi connectivity index (χ3v) is 2.67. The lowest BCUT2D eigenvalue weighted by Gasteiger charge is -2.08. The molecule has 19 heavy (non-hydrogen) atoms. The highest BCUT2D eigenvalue weighted by molar-refractivity contribution is 5.43. The summed E-state index contributed by atoms with van der Waals surface area (Å²) in [5.41, 5.74) is 0.791. The Balaban J connectivity index is 2.04. The summed E-state index contributed by atoms with van der Waals surface area (Å²) in [6.07, 6.45) is 1.60. The number of nitrogens with zero attached hydrogens (tertiary/aromatic N) is 1. The maximum Gasteiger partial charge on any atom is 0.270 e. The Morgan fingerprint density at radius 1 is 1.37 bits per heavy atom. The van der Waals surface area contributed by atoms with Gasteiger partial charge in [-0.05, 0) is 18.2 Å². The van der Waals surface area contributed by atoms with Crippen molar-refractivity contribution in [2.75, 3.05) is 7.11 Å². The third-order valence-electron chi connectivity index (χ3n) is 2.67. The minimum atomic E-state index is -0.421. The number of nitrogens with one attached hydrogen (secondary N) is 1. The zero-order chi connectivity index (χ0) is 13.7. The summed E-state index contributed by atoms with van der Waals surface area (Å²) < 4.78 is 10.4. The fraction of sp³-hybridized carbons (Fsp3) is 0.231. The van der Waals surface area contributed by atoms with Crippen molar-refractivity contribution in [2.45, 2.75) is 13.1 Å². The molecule has 2 aromatic rings. The first-order valence-corrected chi connectivity index (χ1v) is 5.75.